The summed E-state index contributed by atoms with van der Waals surface area (Å²) in [5.74, 6) is 1.12. The Morgan fingerprint density at radius 3 is 2.78 bits per heavy atom. The van der Waals surface area contributed by atoms with E-state index in [1.165, 1.54) is 0 Å². The lowest BCUT2D eigenvalue weighted by Crippen LogP contribution is -2.36. The fourth-order valence-corrected chi connectivity index (χ4v) is 2.91. The van der Waals surface area contributed by atoms with Crippen molar-refractivity contribution in [3.63, 3.8) is 0 Å². The summed E-state index contributed by atoms with van der Waals surface area (Å²) < 4.78 is 39.6. The molecule has 0 radical (unpaired) electrons. The molecule has 0 amide bonds. The average Bonchev–Trinajstić information content (AvgIpc) is 3.24. The van der Waals surface area contributed by atoms with Crippen molar-refractivity contribution >= 4 is 46.9 Å². The molecule has 27 heavy (non-hydrogen) atoms. The summed E-state index contributed by atoms with van der Waals surface area (Å²) in [7, 11) is 0. The van der Waals surface area contributed by atoms with E-state index in [0.29, 0.717) is 23.3 Å². The van der Waals surface area contributed by atoms with Crippen LogP contribution in [0.25, 0.3) is 5.65 Å². The van der Waals surface area contributed by atoms with Crippen molar-refractivity contribution in [1.29, 1.82) is 0 Å². The highest BCUT2D eigenvalue weighted by atomic mass is 127. The van der Waals surface area contributed by atoms with E-state index >= 15 is 0 Å². The molecule has 0 spiro atoms. The molecule has 0 saturated heterocycles. The van der Waals surface area contributed by atoms with Gasteiger partial charge < -0.3 is 10.6 Å². The molecule has 0 unspecified atom stereocenters. The second-order valence-electron chi connectivity index (χ2n) is 5.22. The van der Waals surface area contributed by atoms with E-state index in [1.807, 2.05) is 35.7 Å². The third-order valence-electron chi connectivity index (χ3n) is 3.36. The van der Waals surface area contributed by atoms with Crippen molar-refractivity contribution in [2.24, 2.45) is 4.99 Å². The van der Waals surface area contributed by atoms with Crippen LogP contribution in [0.5, 0.6) is 0 Å². The van der Waals surface area contributed by atoms with Crippen molar-refractivity contribution < 1.29 is 13.2 Å². The Balaban J connectivity index is 0.00000261. The van der Waals surface area contributed by atoms with Crippen LogP contribution in [0.2, 0.25) is 0 Å². The van der Waals surface area contributed by atoms with Crippen LogP contribution in [0, 0.1) is 0 Å². The molecule has 12 heteroatoms. The molecule has 0 fully saturated rings. The van der Waals surface area contributed by atoms with Crippen LogP contribution in [0.4, 0.5) is 13.2 Å². The number of halogens is 4. The minimum atomic E-state index is -4.43. The lowest BCUT2D eigenvalue weighted by molar-refractivity contribution is -0.140. The zero-order valence-corrected chi connectivity index (χ0v) is 17.3. The number of pyridine rings is 1. The third-order valence-corrected chi connectivity index (χ3v) is 4.21. The highest BCUT2D eigenvalue weighted by Crippen LogP contribution is 2.29. The number of aliphatic imine (C=N–C) groups is 1. The molecule has 3 aromatic heterocycles. The first-order chi connectivity index (χ1) is 12.5. The number of nitrogens with zero attached hydrogens (tertiary/aromatic N) is 5. The second-order valence-corrected chi connectivity index (χ2v) is 6.16. The molecule has 3 aromatic rings. The Bertz CT molecular complexity index is 906. The van der Waals surface area contributed by atoms with Gasteiger partial charge in [0.05, 0.1) is 6.54 Å². The van der Waals surface area contributed by atoms with Gasteiger partial charge in [0.25, 0.3) is 0 Å². The molecular formula is C15H17F3IN7S. The summed E-state index contributed by atoms with van der Waals surface area (Å²) >= 11 is 0.951. The summed E-state index contributed by atoms with van der Waals surface area (Å²) in [5.41, 5.74) is -0.158. The van der Waals surface area contributed by atoms with Gasteiger partial charge in [-0.3, -0.25) is 4.40 Å². The van der Waals surface area contributed by atoms with Gasteiger partial charge in [-0.15, -0.1) is 45.5 Å². The Morgan fingerprint density at radius 1 is 1.26 bits per heavy atom. The monoisotopic (exact) mass is 511 g/mol. The van der Waals surface area contributed by atoms with Gasteiger partial charge in [0.2, 0.25) is 0 Å². The van der Waals surface area contributed by atoms with Crippen LogP contribution in [-0.2, 0) is 19.3 Å². The van der Waals surface area contributed by atoms with Crippen LogP contribution >= 0.6 is 35.3 Å². The SMILES string of the molecule is CCNC(=NCc1nnc2ccccn12)NCc1nc(C(F)(F)F)cs1.I. The number of alkyl halides is 3. The summed E-state index contributed by atoms with van der Waals surface area (Å²) in [6, 6.07) is 5.57. The Labute approximate surface area is 174 Å². The van der Waals surface area contributed by atoms with Crippen molar-refractivity contribution in [3.8, 4) is 0 Å². The van der Waals surface area contributed by atoms with Crippen LogP contribution in [-0.4, -0.2) is 32.1 Å². The molecule has 3 heterocycles. The molecule has 0 aliphatic heterocycles. The van der Waals surface area contributed by atoms with Gasteiger partial charge in [-0.1, -0.05) is 6.07 Å². The molecular weight excluding hydrogens is 494 g/mol. The number of guanidine groups is 1. The molecule has 0 atom stereocenters. The topological polar surface area (TPSA) is 79.5 Å². The molecule has 0 aliphatic carbocycles. The minimum Gasteiger partial charge on any atom is -0.357 e. The van der Waals surface area contributed by atoms with Crippen molar-refractivity contribution in [2.75, 3.05) is 6.54 Å². The molecule has 0 aromatic carbocycles. The maximum absolute atomic E-state index is 12.6. The standard InChI is InChI=1S/C15H16F3N7S.HI/c1-2-19-14(21-8-13-22-10(9-26-13)15(16,17)18)20-7-12-24-23-11-5-3-4-6-25(11)12;/h3-6,9H,2,7-8H2,1H3,(H2,19,20,21);1H. The molecule has 2 N–H and O–H groups in total. The maximum atomic E-state index is 12.6. The summed E-state index contributed by atoms with van der Waals surface area (Å²) in [5, 5.41) is 15.5. The number of thiazole rings is 1. The largest absolute Gasteiger partial charge is 0.434 e. The Morgan fingerprint density at radius 2 is 2.07 bits per heavy atom. The van der Waals surface area contributed by atoms with E-state index in [-0.39, 0.29) is 37.1 Å². The Kier molecular flexibility index (Phi) is 7.35. The molecule has 0 bridgehead atoms. The van der Waals surface area contributed by atoms with Crippen LogP contribution < -0.4 is 10.6 Å². The predicted molar refractivity (Wildman–Crippen MR) is 107 cm³/mol. The fraction of sp³-hybridized carbons (Fsp3) is 0.333. The van der Waals surface area contributed by atoms with Gasteiger partial charge in [0, 0.05) is 18.1 Å². The molecule has 0 aliphatic rings. The number of nitrogens with one attached hydrogen (secondary N) is 2. The van der Waals surface area contributed by atoms with E-state index in [1.54, 1.807) is 0 Å². The molecule has 0 saturated carbocycles. The van der Waals surface area contributed by atoms with Crippen LogP contribution in [0.1, 0.15) is 23.4 Å². The summed E-state index contributed by atoms with van der Waals surface area (Å²) in [6.07, 6.45) is -2.59. The molecule has 146 valence electrons. The smallest absolute Gasteiger partial charge is 0.357 e. The lowest BCUT2D eigenvalue weighted by Gasteiger charge is -2.09. The normalized spacial score (nSPS) is 12.1. The molecule has 7 nitrogen and oxygen atoms in total. The van der Waals surface area contributed by atoms with Gasteiger partial charge in [-0.2, -0.15) is 13.2 Å². The second kappa shape index (κ2) is 9.30. The third kappa shape index (κ3) is 5.51. The van der Waals surface area contributed by atoms with Crippen molar-refractivity contribution in [2.45, 2.75) is 26.2 Å². The van der Waals surface area contributed by atoms with Crippen molar-refractivity contribution in [1.82, 2.24) is 30.2 Å². The number of hydrogen-bond donors (Lipinski definition) is 2. The predicted octanol–water partition coefficient (Wildman–Crippen LogP) is 3.08. The van der Waals surface area contributed by atoms with Gasteiger partial charge in [0.1, 0.15) is 11.6 Å². The first-order valence-corrected chi connectivity index (χ1v) is 8.67. The minimum absolute atomic E-state index is 0. The zero-order chi connectivity index (χ0) is 18.6. The highest BCUT2D eigenvalue weighted by Gasteiger charge is 2.33. The number of fused-ring (bicyclic) bond motifs is 1. The first-order valence-electron chi connectivity index (χ1n) is 7.80. The van der Waals surface area contributed by atoms with Gasteiger partial charge >= 0.3 is 6.18 Å². The van der Waals surface area contributed by atoms with Gasteiger partial charge in [-0.25, -0.2) is 9.98 Å². The van der Waals surface area contributed by atoms with E-state index < -0.39 is 11.9 Å². The number of hydrogen-bond acceptors (Lipinski definition) is 5. The summed E-state index contributed by atoms with van der Waals surface area (Å²) in [4.78, 5) is 7.99. The number of rotatable bonds is 5. The zero-order valence-electron chi connectivity index (χ0n) is 14.2. The summed E-state index contributed by atoms with van der Waals surface area (Å²) in [6.45, 7) is 2.92. The van der Waals surface area contributed by atoms with Crippen LogP contribution in [0.3, 0.4) is 0 Å². The van der Waals surface area contributed by atoms with Crippen LogP contribution in [0.15, 0.2) is 34.8 Å². The van der Waals surface area contributed by atoms with Gasteiger partial charge in [0.15, 0.2) is 23.1 Å². The van der Waals surface area contributed by atoms with Crippen molar-refractivity contribution in [3.05, 3.63) is 46.3 Å². The van der Waals surface area contributed by atoms with E-state index in [9.17, 15) is 13.2 Å². The quantitative estimate of drug-likeness (QED) is 0.313. The number of aromatic nitrogens is 4. The van der Waals surface area contributed by atoms with E-state index in [4.69, 9.17) is 0 Å². The van der Waals surface area contributed by atoms with E-state index in [0.717, 1.165) is 22.4 Å². The molecule has 3 rings (SSSR count). The maximum Gasteiger partial charge on any atom is 0.434 e. The fourth-order valence-electron chi connectivity index (χ4n) is 2.17. The van der Waals surface area contributed by atoms with Gasteiger partial charge in [-0.05, 0) is 19.1 Å². The highest BCUT2D eigenvalue weighted by molar-refractivity contribution is 14.0. The average molecular weight is 511 g/mol. The van der Waals surface area contributed by atoms with E-state index in [2.05, 4.69) is 30.8 Å². The Hall–Kier alpha value is -1.96. The lowest BCUT2D eigenvalue weighted by atomic mass is 10.4. The first kappa shape index (κ1) is 21.3.